The summed E-state index contributed by atoms with van der Waals surface area (Å²) in [5.74, 6) is -3.67. The summed E-state index contributed by atoms with van der Waals surface area (Å²) >= 11 is 0. The third kappa shape index (κ3) is 11.0. The Morgan fingerprint density at radius 3 is 1.02 bits per heavy atom. The molecule has 6 aromatic rings. The molecule has 4 nitrogen and oxygen atoms in total. The molecule has 0 unspecified atom stereocenters. The Morgan fingerprint density at radius 2 is 0.769 bits per heavy atom. The summed E-state index contributed by atoms with van der Waals surface area (Å²) in [6.07, 6.45) is 23.3. The second-order valence-electron chi connectivity index (χ2n) is 15.4. The zero-order valence-electron chi connectivity index (χ0n) is 35.7. The molecular formula is C56H46F4N2O2Ti. The van der Waals surface area contributed by atoms with Gasteiger partial charge in [0.15, 0.2) is 0 Å². The van der Waals surface area contributed by atoms with Crippen molar-refractivity contribution in [3.63, 3.8) is 0 Å². The molecule has 2 saturated heterocycles. The minimum Gasteiger partial charge on any atom is -0.350 e. The largest absolute Gasteiger partial charge is 4.00 e. The van der Waals surface area contributed by atoms with E-state index in [4.69, 9.17) is 0 Å². The van der Waals surface area contributed by atoms with Gasteiger partial charge >= 0.3 is 21.7 Å². The van der Waals surface area contributed by atoms with Crippen molar-refractivity contribution in [3.05, 3.63) is 252 Å². The van der Waals surface area contributed by atoms with Crippen LogP contribution in [0, 0.1) is 47.6 Å². The quantitative estimate of drug-likeness (QED) is 0.0949. The van der Waals surface area contributed by atoms with Gasteiger partial charge in [-0.15, -0.1) is 49.2 Å². The van der Waals surface area contributed by atoms with Gasteiger partial charge in [-0.2, -0.15) is 12.2 Å². The maximum atomic E-state index is 14.7. The zero-order chi connectivity index (χ0) is 44.8. The number of hydrogen-bond acceptors (Lipinski definition) is 2. The van der Waals surface area contributed by atoms with Gasteiger partial charge in [0, 0.05) is 36.1 Å². The number of nitrogens with zero attached hydrogens (tertiary/aromatic N) is 2. The molecule has 0 N–H and O–H groups in total. The van der Waals surface area contributed by atoms with Crippen LogP contribution in [0.1, 0.15) is 73.6 Å². The number of rotatable bonds is 6. The third-order valence-corrected chi connectivity index (χ3v) is 11.5. The first kappa shape index (κ1) is 48.1. The first-order valence-corrected chi connectivity index (χ1v) is 21.3. The fraction of sp³-hybridized carbons (Fsp3) is 0.179. The van der Waals surface area contributed by atoms with E-state index in [0.29, 0.717) is 38.5 Å². The van der Waals surface area contributed by atoms with Gasteiger partial charge in [-0.25, -0.2) is 41.9 Å². The molecule has 65 heavy (non-hydrogen) atoms. The maximum Gasteiger partial charge on any atom is 4.00 e. The number of hydrogen-bond donors (Lipinski definition) is 0. The minimum absolute atomic E-state index is 0. The third-order valence-electron chi connectivity index (χ3n) is 11.5. The molecule has 2 aliphatic carbocycles. The van der Waals surface area contributed by atoms with Crippen LogP contribution in [0.2, 0.25) is 0 Å². The second kappa shape index (κ2) is 23.0. The Kier molecular flexibility index (Phi) is 17.0. The van der Waals surface area contributed by atoms with Crippen LogP contribution in [0.5, 0.6) is 0 Å². The van der Waals surface area contributed by atoms with Crippen LogP contribution in [0.4, 0.5) is 28.9 Å². The fourth-order valence-corrected chi connectivity index (χ4v) is 8.72. The molecule has 2 amide bonds. The van der Waals surface area contributed by atoms with Gasteiger partial charge in [-0.3, -0.25) is 21.7 Å². The zero-order valence-corrected chi connectivity index (χ0v) is 37.3. The number of carbonyl (C=O) groups excluding carboxylic acids is 2. The molecule has 2 aliphatic heterocycles. The van der Waals surface area contributed by atoms with Crippen molar-refractivity contribution < 1.29 is 48.9 Å². The molecule has 9 heteroatoms. The summed E-state index contributed by atoms with van der Waals surface area (Å²) in [7, 11) is 0. The van der Waals surface area contributed by atoms with E-state index in [1.807, 2.05) is 146 Å². The Morgan fingerprint density at radius 1 is 0.446 bits per heavy atom. The molecule has 10 rings (SSSR count). The van der Waals surface area contributed by atoms with Gasteiger partial charge in [-0.1, -0.05) is 121 Å². The number of anilines is 2. The van der Waals surface area contributed by atoms with E-state index in [0.717, 1.165) is 47.2 Å². The number of allylic oxidation sites excluding steroid dienone is 8. The summed E-state index contributed by atoms with van der Waals surface area (Å²) in [6.45, 7) is 0. The van der Waals surface area contributed by atoms with Crippen LogP contribution in [0.15, 0.2) is 182 Å². The van der Waals surface area contributed by atoms with Crippen molar-refractivity contribution in [2.75, 3.05) is 9.80 Å². The van der Waals surface area contributed by atoms with Gasteiger partial charge in [0.2, 0.25) is 11.8 Å². The maximum absolute atomic E-state index is 14.7. The molecule has 324 valence electrons. The monoisotopic (exact) mass is 902 g/mol. The van der Waals surface area contributed by atoms with Gasteiger partial charge in [0.05, 0.1) is 11.1 Å². The first-order valence-electron chi connectivity index (χ1n) is 21.3. The molecule has 4 aliphatic rings. The predicted octanol–water partition coefficient (Wildman–Crippen LogP) is 13.1. The average molecular weight is 903 g/mol. The van der Waals surface area contributed by atoms with Crippen LogP contribution < -0.4 is 9.80 Å². The van der Waals surface area contributed by atoms with Gasteiger partial charge in [-0.05, 0) is 59.3 Å². The summed E-state index contributed by atoms with van der Waals surface area (Å²) in [6, 6.07) is 47.5. The summed E-state index contributed by atoms with van der Waals surface area (Å²) in [5, 5.41) is 0. The van der Waals surface area contributed by atoms with E-state index in [1.54, 1.807) is 0 Å². The van der Waals surface area contributed by atoms with E-state index < -0.39 is 34.3 Å². The van der Waals surface area contributed by atoms with Crippen molar-refractivity contribution in [3.8, 4) is 0 Å². The molecule has 0 aromatic heterocycles. The smallest absolute Gasteiger partial charge is 0.350 e. The minimum atomic E-state index is -0.860. The van der Waals surface area contributed by atoms with Crippen molar-refractivity contribution in [2.24, 2.45) is 0 Å². The molecule has 2 heterocycles. The van der Waals surface area contributed by atoms with Gasteiger partial charge < -0.3 is 9.80 Å². The van der Waals surface area contributed by atoms with E-state index in [-0.39, 0.29) is 44.9 Å². The molecule has 6 aromatic carbocycles. The molecule has 0 bridgehead atoms. The topological polar surface area (TPSA) is 40.6 Å². The molecule has 2 fully saturated rings. The fourth-order valence-electron chi connectivity index (χ4n) is 8.72. The van der Waals surface area contributed by atoms with Crippen molar-refractivity contribution in [2.45, 2.75) is 62.4 Å². The van der Waals surface area contributed by atoms with Crippen LogP contribution in [0.25, 0.3) is 0 Å². The Labute approximate surface area is 394 Å². The number of benzene rings is 6. The SMILES string of the molecule is O=C1CCCC(c2ccccc2)(c2ccccc2)N1c1ccc(F)[c-]c1F.O=C1CCCC(c2ccccc2)(c2ccccc2)N1c1ccc(F)[c-]c1F.[C-]1=CC=CC1.[C-]1=CC=CC1.[Ti+4]. The van der Waals surface area contributed by atoms with Crippen molar-refractivity contribution in [1.82, 2.24) is 0 Å². The average Bonchev–Trinajstić information content (AvgIpc) is 4.13. The van der Waals surface area contributed by atoms with E-state index in [1.165, 1.54) is 21.9 Å². The van der Waals surface area contributed by atoms with E-state index in [9.17, 15) is 27.2 Å². The molecule has 0 atom stereocenters. The van der Waals surface area contributed by atoms with Crippen LogP contribution in [-0.4, -0.2) is 11.8 Å². The van der Waals surface area contributed by atoms with Crippen molar-refractivity contribution in [1.29, 1.82) is 0 Å². The Balaban J connectivity index is 0.000000175. The second-order valence-corrected chi connectivity index (χ2v) is 15.4. The first-order chi connectivity index (χ1) is 31.3. The molecule has 0 spiro atoms. The standard InChI is InChI=1S/2C23H18F2NO.2C5H5.Ti/c2*24-19-13-14-21(20(25)16-19)26-22(27)12-7-15-23(26,17-8-3-1-4-9-17)18-10-5-2-6-11-18;2*1-2-4-5-3-1;/h2*1-6,8-11,13-14H,7,12,15H2;2*1-3H,4H2;/q4*-1;+4. The van der Waals surface area contributed by atoms with Crippen molar-refractivity contribution >= 4 is 23.2 Å². The number of carbonyl (C=O) groups is 2. The predicted molar refractivity (Wildman–Crippen MR) is 244 cm³/mol. The summed E-state index contributed by atoms with van der Waals surface area (Å²) in [5.41, 5.74) is 1.97. The summed E-state index contributed by atoms with van der Waals surface area (Å²) in [4.78, 5) is 29.1. The van der Waals surface area contributed by atoms with Gasteiger partial charge in [0.1, 0.15) is 0 Å². The Bertz CT molecular complexity index is 2340. The Hall–Kier alpha value is -6.35. The summed E-state index contributed by atoms with van der Waals surface area (Å²) < 4.78 is 56.3. The normalized spacial score (nSPS) is 16.3. The number of amides is 2. The van der Waals surface area contributed by atoms with E-state index in [2.05, 4.69) is 36.4 Å². The molecule has 0 radical (unpaired) electrons. The molecule has 0 saturated carbocycles. The van der Waals surface area contributed by atoms with Crippen LogP contribution in [-0.2, 0) is 42.4 Å². The van der Waals surface area contributed by atoms with Crippen LogP contribution >= 0.6 is 0 Å². The molecular weight excluding hydrogens is 856 g/mol. The van der Waals surface area contributed by atoms with Gasteiger partial charge in [0.25, 0.3) is 0 Å². The van der Waals surface area contributed by atoms with Crippen LogP contribution in [0.3, 0.4) is 0 Å². The number of halogens is 4. The number of piperidine rings is 2. The van der Waals surface area contributed by atoms with E-state index >= 15 is 0 Å².